The van der Waals surface area contributed by atoms with Crippen molar-refractivity contribution in [1.29, 1.82) is 0 Å². The number of imidazole rings is 1. The summed E-state index contributed by atoms with van der Waals surface area (Å²) in [5.74, 6) is 0.683. The molecule has 80 valence electrons. The van der Waals surface area contributed by atoms with E-state index in [9.17, 15) is 0 Å². The second-order valence-electron chi connectivity index (χ2n) is 4.90. The zero-order valence-corrected chi connectivity index (χ0v) is 9.87. The lowest BCUT2D eigenvalue weighted by molar-refractivity contribution is 0.572. The third-order valence-corrected chi connectivity index (χ3v) is 2.49. The van der Waals surface area contributed by atoms with Crippen molar-refractivity contribution < 1.29 is 0 Å². The molecule has 0 atom stereocenters. The van der Waals surface area contributed by atoms with Crippen LogP contribution in [0.15, 0.2) is 6.20 Å². The smallest absolute Gasteiger partial charge is 0.215 e. The van der Waals surface area contributed by atoms with Crippen molar-refractivity contribution in [1.82, 2.24) is 19.6 Å². The Hall–Kier alpha value is -1.45. The summed E-state index contributed by atoms with van der Waals surface area (Å²) in [4.78, 5) is 8.87. The predicted molar refractivity (Wildman–Crippen MR) is 59.0 cm³/mol. The summed E-state index contributed by atoms with van der Waals surface area (Å²) in [6, 6.07) is 0. The van der Waals surface area contributed by atoms with Crippen molar-refractivity contribution in [3.63, 3.8) is 0 Å². The molecule has 2 heterocycles. The van der Waals surface area contributed by atoms with Gasteiger partial charge in [-0.05, 0) is 13.8 Å². The molecule has 0 aliphatic heterocycles. The number of aromatic nitrogens is 4. The van der Waals surface area contributed by atoms with Crippen LogP contribution in [0.25, 0.3) is 5.78 Å². The minimum Gasteiger partial charge on any atom is -0.215 e. The van der Waals surface area contributed by atoms with E-state index in [-0.39, 0.29) is 5.41 Å². The molecule has 2 aromatic heterocycles. The third-order valence-electron chi connectivity index (χ3n) is 2.49. The van der Waals surface area contributed by atoms with Crippen molar-refractivity contribution in [3.8, 4) is 0 Å². The van der Waals surface area contributed by atoms with Gasteiger partial charge in [-0.3, -0.25) is 0 Å². The maximum atomic E-state index is 4.48. The number of hydrogen-bond donors (Lipinski definition) is 0. The van der Waals surface area contributed by atoms with E-state index in [2.05, 4.69) is 35.8 Å². The molecular formula is C11H16N4. The number of hydrogen-bond acceptors (Lipinski definition) is 3. The molecule has 15 heavy (non-hydrogen) atoms. The maximum absolute atomic E-state index is 4.48. The van der Waals surface area contributed by atoms with E-state index < -0.39 is 0 Å². The van der Waals surface area contributed by atoms with E-state index >= 15 is 0 Å². The van der Waals surface area contributed by atoms with Crippen LogP contribution in [0.4, 0.5) is 0 Å². The molecule has 0 amide bonds. The van der Waals surface area contributed by atoms with Gasteiger partial charge in [0.2, 0.25) is 0 Å². The van der Waals surface area contributed by atoms with E-state index in [0.717, 1.165) is 17.1 Å². The molecule has 2 rings (SSSR count). The van der Waals surface area contributed by atoms with Crippen molar-refractivity contribution in [3.05, 3.63) is 23.3 Å². The van der Waals surface area contributed by atoms with E-state index in [1.54, 1.807) is 4.52 Å². The van der Waals surface area contributed by atoms with Gasteiger partial charge in [0, 0.05) is 5.41 Å². The molecule has 0 spiro atoms. The second kappa shape index (κ2) is 3.02. The van der Waals surface area contributed by atoms with Crippen molar-refractivity contribution in [2.24, 2.45) is 0 Å². The quantitative estimate of drug-likeness (QED) is 0.659. The molecule has 0 bridgehead atoms. The maximum Gasteiger partial charge on any atom is 0.251 e. The highest BCUT2D eigenvalue weighted by molar-refractivity contribution is 5.32. The van der Waals surface area contributed by atoms with Gasteiger partial charge in [0.25, 0.3) is 5.78 Å². The Balaban J connectivity index is 2.66. The molecule has 0 unspecified atom stereocenters. The van der Waals surface area contributed by atoms with Gasteiger partial charge >= 0.3 is 0 Å². The van der Waals surface area contributed by atoms with E-state index in [4.69, 9.17) is 0 Å². The predicted octanol–water partition coefficient (Wildman–Crippen LogP) is 2.04. The summed E-state index contributed by atoms with van der Waals surface area (Å²) in [5.41, 5.74) is 2.94. The van der Waals surface area contributed by atoms with Crippen LogP contribution in [0.5, 0.6) is 0 Å². The van der Waals surface area contributed by atoms with Crippen LogP contribution in [-0.2, 0) is 5.41 Å². The monoisotopic (exact) mass is 204 g/mol. The van der Waals surface area contributed by atoms with Gasteiger partial charge < -0.3 is 0 Å². The first-order chi connectivity index (χ1) is 6.88. The van der Waals surface area contributed by atoms with Crippen LogP contribution in [0, 0.1) is 13.8 Å². The summed E-state index contributed by atoms with van der Waals surface area (Å²) in [5, 5.41) is 4.40. The van der Waals surface area contributed by atoms with Gasteiger partial charge in [-0.25, -0.2) is 14.5 Å². The molecule has 0 radical (unpaired) electrons. The Morgan fingerprint density at radius 2 is 1.73 bits per heavy atom. The Morgan fingerprint density at radius 1 is 1.07 bits per heavy atom. The topological polar surface area (TPSA) is 43.1 Å². The molecule has 0 aromatic carbocycles. The van der Waals surface area contributed by atoms with Crippen LogP contribution in [0.1, 0.15) is 37.9 Å². The van der Waals surface area contributed by atoms with Crippen molar-refractivity contribution in [2.75, 3.05) is 0 Å². The fourth-order valence-corrected chi connectivity index (χ4v) is 1.34. The average molecular weight is 204 g/mol. The van der Waals surface area contributed by atoms with Crippen LogP contribution < -0.4 is 0 Å². The van der Waals surface area contributed by atoms with Gasteiger partial charge in [-0.2, -0.15) is 5.10 Å². The summed E-state index contributed by atoms with van der Waals surface area (Å²) in [6.45, 7) is 10.3. The number of fused-ring (bicyclic) bond motifs is 1. The SMILES string of the molecule is Cc1nc2nc(C(C)(C)C)cn2nc1C. The molecule has 2 aromatic rings. The van der Waals surface area contributed by atoms with Crippen LogP contribution in [-0.4, -0.2) is 19.6 Å². The highest BCUT2D eigenvalue weighted by atomic mass is 15.3. The number of rotatable bonds is 0. The fraction of sp³-hybridized carbons (Fsp3) is 0.545. The summed E-state index contributed by atoms with van der Waals surface area (Å²) >= 11 is 0. The Labute approximate surface area is 89.4 Å². The number of nitrogens with zero attached hydrogens (tertiary/aromatic N) is 4. The van der Waals surface area contributed by atoms with Crippen molar-refractivity contribution in [2.45, 2.75) is 40.0 Å². The zero-order valence-electron chi connectivity index (χ0n) is 9.87. The Morgan fingerprint density at radius 3 is 2.33 bits per heavy atom. The molecule has 4 nitrogen and oxygen atoms in total. The van der Waals surface area contributed by atoms with E-state index in [1.807, 2.05) is 20.0 Å². The molecular weight excluding hydrogens is 188 g/mol. The summed E-state index contributed by atoms with van der Waals surface area (Å²) in [7, 11) is 0. The summed E-state index contributed by atoms with van der Waals surface area (Å²) in [6.07, 6.45) is 1.95. The first-order valence-corrected chi connectivity index (χ1v) is 5.09. The van der Waals surface area contributed by atoms with Gasteiger partial charge in [-0.15, -0.1) is 0 Å². The highest BCUT2D eigenvalue weighted by Gasteiger charge is 2.18. The molecule has 0 aliphatic carbocycles. The third kappa shape index (κ3) is 1.71. The Kier molecular flexibility index (Phi) is 2.03. The molecule has 0 saturated heterocycles. The molecule has 0 aliphatic rings. The lowest BCUT2D eigenvalue weighted by Crippen LogP contribution is -2.11. The molecule has 4 heteroatoms. The average Bonchev–Trinajstić information content (AvgIpc) is 2.47. The number of aryl methyl sites for hydroxylation is 2. The van der Waals surface area contributed by atoms with E-state index in [1.165, 1.54) is 0 Å². The van der Waals surface area contributed by atoms with Gasteiger partial charge in [-0.1, -0.05) is 20.8 Å². The van der Waals surface area contributed by atoms with Gasteiger partial charge in [0.05, 0.1) is 23.3 Å². The first-order valence-electron chi connectivity index (χ1n) is 5.09. The molecule has 0 saturated carbocycles. The lowest BCUT2D eigenvalue weighted by atomic mass is 9.93. The minimum absolute atomic E-state index is 0.0389. The first kappa shape index (κ1) is 10.1. The van der Waals surface area contributed by atoms with Crippen LogP contribution in [0.3, 0.4) is 0 Å². The standard InChI is InChI=1S/C11H16N4/c1-7-8(2)14-15-6-9(11(3,4)5)13-10(15)12-7/h6H,1-5H3. The van der Waals surface area contributed by atoms with Gasteiger partial charge in [0.15, 0.2) is 0 Å². The lowest BCUT2D eigenvalue weighted by Gasteiger charge is -2.13. The summed E-state index contributed by atoms with van der Waals surface area (Å²) < 4.78 is 1.75. The van der Waals surface area contributed by atoms with Crippen molar-refractivity contribution >= 4 is 5.78 Å². The van der Waals surface area contributed by atoms with Crippen LogP contribution in [0.2, 0.25) is 0 Å². The Bertz CT molecular complexity index is 466. The highest BCUT2D eigenvalue weighted by Crippen LogP contribution is 2.20. The largest absolute Gasteiger partial charge is 0.251 e. The second-order valence-corrected chi connectivity index (χ2v) is 4.90. The fourth-order valence-electron chi connectivity index (χ4n) is 1.34. The van der Waals surface area contributed by atoms with Gasteiger partial charge in [0.1, 0.15) is 0 Å². The van der Waals surface area contributed by atoms with Crippen LogP contribution >= 0.6 is 0 Å². The molecule has 0 N–H and O–H groups in total. The zero-order chi connectivity index (χ0) is 11.2. The molecule has 0 fully saturated rings. The normalized spacial score (nSPS) is 12.3. The van der Waals surface area contributed by atoms with E-state index in [0.29, 0.717) is 5.78 Å². The minimum atomic E-state index is 0.0389.